The lowest BCUT2D eigenvalue weighted by molar-refractivity contribution is 0.262. The molecule has 1 aliphatic heterocycles. The zero-order valence-corrected chi connectivity index (χ0v) is 17.0. The topological polar surface area (TPSA) is 89.1 Å². The van der Waals surface area contributed by atoms with Gasteiger partial charge in [0.1, 0.15) is 5.75 Å². The third kappa shape index (κ3) is 4.72. The van der Waals surface area contributed by atoms with Gasteiger partial charge < -0.3 is 25.6 Å². The number of nitrogens with two attached hydrogens (primary N) is 1. The lowest BCUT2D eigenvalue weighted by atomic mass is 10.0. The Morgan fingerprint density at radius 3 is 2.92 bits per heavy atom. The van der Waals surface area contributed by atoms with Crippen LogP contribution in [-0.4, -0.2) is 31.3 Å². The number of rotatable bonds is 5. The fraction of sp³-hybridized carbons (Fsp3) is 0.316. The van der Waals surface area contributed by atoms with Gasteiger partial charge in [-0.3, -0.25) is 4.99 Å². The summed E-state index contributed by atoms with van der Waals surface area (Å²) in [4.78, 5) is 4.37. The number of methoxy groups -OCH3 is 1. The highest BCUT2D eigenvalue weighted by Crippen LogP contribution is 2.31. The average Bonchev–Trinajstić information content (AvgIpc) is 2.63. The standard InChI is InChI=1S/C19H23N3O3.HI/c1-24-17-8-4-5-13(18(17)23)9-11-21-19(20)22-15-10-12-25-16-7-3-2-6-14(15)16;/h2-8,15,23H,9-12H2,1H3,(H3,20,21,22);1H. The molecule has 140 valence electrons. The molecule has 6 nitrogen and oxygen atoms in total. The summed E-state index contributed by atoms with van der Waals surface area (Å²) in [6, 6.07) is 13.5. The molecule has 0 saturated heterocycles. The van der Waals surface area contributed by atoms with Gasteiger partial charge in [0.15, 0.2) is 17.5 Å². The van der Waals surface area contributed by atoms with Gasteiger partial charge in [-0.25, -0.2) is 0 Å². The third-order valence-electron chi connectivity index (χ3n) is 4.25. The van der Waals surface area contributed by atoms with Gasteiger partial charge >= 0.3 is 0 Å². The van der Waals surface area contributed by atoms with Gasteiger partial charge in [0.25, 0.3) is 0 Å². The van der Waals surface area contributed by atoms with Crippen molar-refractivity contribution < 1.29 is 14.6 Å². The first-order chi connectivity index (χ1) is 12.2. The van der Waals surface area contributed by atoms with Crippen LogP contribution >= 0.6 is 24.0 Å². The van der Waals surface area contributed by atoms with Gasteiger partial charge in [-0.05, 0) is 24.1 Å². The van der Waals surface area contributed by atoms with Crippen molar-refractivity contribution in [2.75, 3.05) is 20.3 Å². The zero-order valence-electron chi connectivity index (χ0n) is 14.6. The Balaban J connectivity index is 0.00000243. The summed E-state index contributed by atoms with van der Waals surface area (Å²) in [6.07, 6.45) is 1.42. The van der Waals surface area contributed by atoms with Crippen molar-refractivity contribution in [2.45, 2.75) is 18.9 Å². The Kier molecular flexibility index (Phi) is 7.38. The second-order valence-electron chi connectivity index (χ2n) is 5.86. The summed E-state index contributed by atoms with van der Waals surface area (Å²) in [5, 5.41) is 13.3. The number of guanidine groups is 1. The molecule has 1 atom stereocenters. The van der Waals surface area contributed by atoms with Crippen LogP contribution < -0.4 is 20.5 Å². The minimum Gasteiger partial charge on any atom is -0.504 e. The van der Waals surface area contributed by atoms with Crippen LogP contribution in [0.1, 0.15) is 23.6 Å². The first-order valence-corrected chi connectivity index (χ1v) is 8.32. The van der Waals surface area contributed by atoms with Gasteiger partial charge in [-0.15, -0.1) is 24.0 Å². The number of benzene rings is 2. The molecule has 26 heavy (non-hydrogen) atoms. The number of nitrogens with one attached hydrogen (secondary N) is 1. The summed E-state index contributed by atoms with van der Waals surface area (Å²) in [5.74, 6) is 1.90. The molecule has 0 bridgehead atoms. The molecule has 0 radical (unpaired) electrons. The summed E-state index contributed by atoms with van der Waals surface area (Å²) in [5.41, 5.74) is 7.91. The molecular weight excluding hydrogens is 445 g/mol. The summed E-state index contributed by atoms with van der Waals surface area (Å²) in [6.45, 7) is 1.13. The minimum atomic E-state index is 0. The highest BCUT2D eigenvalue weighted by Gasteiger charge is 2.21. The van der Waals surface area contributed by atoms with E-state index in [2.05, 4.69) is 10.3 Å². The van der Waals surface area contributed by atoms with E-state index in [4.69, 9.17) is 15.2 Å². The van der Waals surface area contributed by atoms with Crippen molar-refractivity contribution in [3.63, 3.8) is 0 Å². The molecule has 1 aliphatic rings. The van der Waals surface area contributed by atoms with Crippen molar-refractivity contribution in [2.24, 2.45) is 10.7 Å². The number of phenols is 1. The molecule has 2 aromatic carbocycles. The molecule has 0 aromatic heterocycles. The average molecular weight is 469 g/mol. The van der Waals surface area contributed by atoms with E-state index in [0.717, 1.165) is 23.3 Å². The predicted octanol–water partition coefficient (Wildman–Crippen LogP) is 2.99. The van der Waals surface area contributed by atoms with E-state index in [-0.39, 0.29) is 35.8 Å². The smallest absolute Gasteiger partial charge is 0.189 e. The molecular formula is C19H24IN3O3. The van der Waals surface area contributed by atoms with Gasteiger partial charge in [0.05, 0.1) is 19.8 Å². The van der Waals surface area contributed by atoms with Gasteiger partial charge in [0.2, 0.25) is 0 Å². The van der Waals surface area contributed by atoms with E-state index in [9.17, 15) is 5.11 Å². The first kappa shape index (κ1) is 20.2. The number of halogens is 1. The summed E-state index contributed by atoms with van der Waals surface area (Å²) < 4.78 is 10.8. The van der Waals surface area contributed by atoms with Crippen molar-refractivity contribution in [1.82, 2.24) is 5.32 Å². The number of aliphatic imine (C=N–C) groups is 1. The second-order valence-corrected chi connectivity index (χ2v) is 5.86. The van der Waals surface area contributed by atoms with Crippen LogP contribution in [0.3, 0.4) is 0 Å². The fourth-order valence-electron chi connectivity index (χ4n) is 2.95. The van der Waals surface area contributed by atoms with Crippen molar-refractivity contribution in [3.8, 4) is 17.2 Å². The number of hydrogen-bond acceptors (Lipinski definition) is 4. The largest absolute Gasteiger partial charge is 0.504 e. The van der Waals surface area contributed by atoms with Gasteiger partial charge in [-0.2, -0.15) is 0 Å². The molecule has 0 saturated carbocycles. The number of phenolic OH excluding ortho intramolecular Hbond substituents is 1. The van der Waals surface area contributed by atoms with Crippen molar-refractivity contribution in [3.05, 3.63) is 53.6 Å². The maximum Gasteiger partial charge on any atom is 0.189 e. The highest BCUT2D eigenvalue weighted by atomic mass is 127. The number of fused-ring (bicyclic) bond motifs is 1. The van der Waals surface area contributed by atoms with Crippen LogP contribution in [0.5, 0.6) is 17.2 Å². The quantitative estimate of drug-likeness (QED) is 0.356. The molecule has 4 N–H and O–H groups in total. The van der Waals surface area contributed by atoms with E-state index in [0.29, 0.717) is 31.3 Å². The number of ether oxygens (including phenoxy) is 2. The van der Waals surface area contributed by atoms with E-state index in [1.165, 1.54) is 7.11 Å². The lowest BCUT2D eigenvalue weighted by Gasteiger charge is -2.26. The Labute approximate surface area is 170 Å². The Bertz CT molecular complexity index is 767. The van der Waals surface area contributed by atoms with Crippen LogP contribution in [0.15, 0.2) is 47.5 Å². The number of aromatic hydroxyl groups is 1. The van der Waals surface area contributed by atoms with Crippen LogP contribution in [0.25, 0.3) is 0 Å². The molecule has 0 aliphatic carbocycles. The first-order valence-electron chi connectivity index (χ1n) is 8.32. The highest BCUT2D eigenvalue weighted by molar-refractivity contribution is 14.0. The van der Waals surface area contributed by atoms with Gasteiger partial charge in [0, 0.05) is 18.5 Å². The monoisotopic (exact) mass is 469 g/mol. The van der Waals surface area contributed by atoms with E-state index >= 15 is 0 Å². The molecule has 0 amide bonds. The van der Waals surface area contributed by atoms with E-state index in [1.54, 1.807) is 6.07 Å². The molecule has 1 unspecified atom stereocenters. The SMILES string of the molecule is COc1cccc(CCN=C(N)NC2CCOc3ccccc32)c1O.I. The van der Waals surface area contributed by atoms with Crippen LogP contribution in [0.2, 0.25) is 0 Å². The molecule has 3 rings (SSSR count). The van der Waals surface area contributed by atoms with Crippen LogP contribution in [0, 0.1) is 0 Å². The predicted molar refractivity (Wildman–Crippen MR) is 113 cm³/mol. The van der Waals surface area contributed by atoms with Crippen LogP contribution in [-0.2, 0) is 6.42 Å². The summed E-state index contributed by atoms with van der Waals surface area (Å²) >= 11 is 0. The molecule has 2 aromatic rings. The fourth-order valence-corrected chi connectivity index (χ4v) is 2.95. The molecule has 0 spiro atoms. The van der Waals surface area contributed by atoms with Crippen molar-refractivity contribution in [1.29, 1.82) is 0 Å². The maximum atomic E-state index is 10.1. The third-order valence-corrected chi connectivity index (χ3v) is 4.25. The normalized spacial score (nSPS) is 16.0. The molecule has 0 fully saturated rings. The van der Waals surface area contributed by atoms with E-state index < -0.39 is 0 Å². The summed E-state index contributed by atoms with van der Waals surface area (Å²) in [7, 11) is 1.53. The number of nitrogens with zero attached hydrogens (tertiary/aromatic N) is 1. The zero-order chi connectivity index (χ0) is 17.6. The van der Waals surface area contributed by atoms with Gasteiger partial charge in [-0.1, -0.05) is 30.3 Å². The molecule has 7 heteroatoms. The lowest BCUT2D eigenvalue weighted by Crippen LogP contribution is -2.37. The van der Waals surface area contributed by atoms with Crippen LogP contribution in [0.4, 0.5) is 0 Å². The van der Waals surface area contributed by atoms with E-state index in [1.807, 2.05) is 36.4 Å². The van der Waals surface area contributed by atoms with Crippen molar-refractivity contribution >= 4 is 29.9 Å². The Morgan fingerprint density at radius 2 is 2.12 bits per heavy atom. The molecule has 1 heterocycles. The maximum absolute atomic E-state index is 10.1. The second kappa shape index (κ2) is 9.51. The Hall–Kier alpha value is -2.16. The minimum absolute atomic E-state index is 0. The number of para-hydroxylation sites is 2. The number of hydrogen-bond donors (Lipinski definition) is 3. The Morgan fingerprint density at radius 1 is 1.31 bits per heavy atom.